The SMILES string of the molecule is Cc1ccc(CN(C)C(=O)CCS)c(C)c1C. The topological polar surface area (TPSA) is 20.3 Å². The fourth-order valence-corrected chi connectivity index (χ4v) is 2.00. The Morgan fingerprint density at radius 3 is 2.47 bits per heavy atom. The Morgan fingerprint density at radius 1 is 1.24 bits per heavy atom. The first kappa shape index (κ1) is 14.1. The molecule has 94 valence electrons. The summed E-state index contributed by atoms with van der Waals surface area (Å²) in [5, 5.41) is 0. The lowest BCUT2D eigenvalue weighted by Crippen LogP contribution is -2.26. The summed E-state index contributed by atoms with van der Waals surface area (Å²) in [7, 11) is 1.85. The summed E-state index contributed by atoms with van der Waals surface area (Å²) in [4.78, 5) is 13.5. The molecule has 1 amide bonds. The molecule has 0 N–H and O–H groups in total. The number of nitrogens with zero attached hydrogens (tertiary/aromatic N) is 1. The number of hydrogen-bond donors (Lipinski definition) is 1. The Balaban J connectivity index is 2.82. The molecule has 2 nitrogen and oxygen atoms in total. The molecule has 0 aliphatic carbocycles. The first-order valence-corrected chi connectivity index (χ1v) is 6.51. The van der Waals surface area contributed by atoms with Crippen LogP contribution in [0.2, 0.25) is 0 Å². The molecule has 0 saturated heterocycles. The third-order valence-electron chi connectivity index (χ3n) is 3.33. The van der Waals surface area contributed by atoms with Gasteiger partial charge in [0.15, 0.2) is 0 Å². The van der Waals surface area contributed by atoms with E-state index >= 15 is 0 Å². The van der Waals surface area contributed by atoms with Crippen LogP contribution in [0.25, 0.3) is 0 Å². The number of hydrogen-bond acceptors (Lipinski definition) is 2. The van der Waals surface area contributed by atoms with Crippen molar-refractivity contribution >= 4 is 18.5 Å². The third kappa shape index (κ3) is 3.50. The zero-order chi connectivity index (χ0) is 13.0. The van der Waals surface area contributed by atoms with Crippen LogP contribution in [-0.2, 0) is 11.3 Å². The van der Waals surface area contributed by atoms with Gasteiger partial charge in [0.05, 0.1) is 0 Å². The fourth-order valence-electron chi connectivity index (χ4n) is 1.81. The van der Waals surface area contributed by atoms with Gasteiger partial charge in [-0.1, -0.05) is 12.1 Å². The van der Waals surface area contributed by atoms with E-state index in [2.05, 4.69) is 45.5 Å². The van der Waals surface area contributed by atoms with E-state index in [0.717, 1.165) is 0 Å². The first-order chi connectivity index (χ1) is 7.97. The van der Waals surface area contributed by atoms with Crippen LogP contribution < -0.4 is 0 Å². The summed E-state index contributed by atoms with van der Waals surface area (Å²) in [6, 6.07) is 4.23. The molecule has 17 heavy (non-hydrogen) atoms. The average molecular weight is 251 g/mol. The molecule has 0 radical (unpaired) electrons. The molecule has 0 unspecified atom stereocenters. The maximum Gasteiger partial charge on any atom is 0.223 e. The molecule has 0 heterocycles. The zero-order valence-corrected chi connectivity index (χ0v) is 12.0. The Labute approximate surface area is 109 Å². The van der Waals surface area contributed by atoms with E-state index in [1.165, 1.54) is 22.3 Å². The normalized spacial score (nSPS) is 10.4. The van der Waals surface area contributed by atoms with Gasteiger partial charge in [-0.15, -0.1) is 0 Å². The number of thiol groups is 1. The lowest BCUT2D eigenvalue weighted by Gasteiger charge is -2.19. The lowest BCUT2D eigenvalue weighted by atomic mass is 9.98. The highest BCUT2D eigenvalue weighted by Gasteiger charge is 2.10. The van der Waals surface area contributed by atoms with Gasteiger partial charge in [0.25, 0.3) is 0 Å². The maximum atomic E-state index is 11.7. The van der Waals surface area contributed by atoms with Crippen molar-refractivity contribution in [2.75, 3.05) is 12.8 Å². The van der Waals surface area contributed by atoms with E-state index in [4.69, 9.17) is 0 Å². The van der Waals surface area contributed by atoms with Gasteiger partial charge < -0.3 is 4.90 Å². The molecule has 0 atom stereocenters. The fraction of sp³-hybridized carbons (Fsp3) is 0.500. The highest BCUT2D eigenvalue weighted by Crippen LogP contribution is 2.18. The molecule has 0 bridgehead atoms. The molecule has 0 aliphatic rings. The van der Waals surface area contributed by atoms with E-state index in [1.54, 1.807) is 4.90 Å². The van der Waals surface area contributed by atoms with Gasteiger partial charge in [0, 0.05) is 20.0 Å². The predicted octanol–water partition coefficient (Wildman–Crippen LogP) is 2.89. The maximum absolute atomic E-state index is 11.7. The molecule has 1 rings (SSSR count). The smallest absolute Gasteiger partial charge is 0.223 e. The van der Waals surface area contributed by atoms with E-state index in [9.17, 15) is 4.79 Å². The molecular formula is C14H21NOS. The molecule has 0 aromatic heterocycles. The monoisotopic (exact) mass is 251 g/mol. The lowest BCUT2D eigenvalue weighted by molar-refractivity contribution is -0.129. The molecule has 1 aromatic rings. The van der Waals surface area contributed by atoms with Crippen LogP contribution in [0.15, 0.2) is 12.1 Å². The van der Waals surface area contributed by atoms with Gasteiger partial charge in [-0.25, -0.2) is 0 Å². The Bertz CT molecular complexity index is 415. The van der Waals surface area contributed by atoms with Crippen molar-refractivity contribution in [2.45, 2.75) is 33.7 Å². The Hall–Kier alpha value is -0.960. The highest BCUT2D eigenvalue weighted by molar-refractivity contribution is 7.80. The number of amides is 1. The summed E-state index contributed by atoms with van der Waals surface area (Å²) in [5.74, 6) is 0.757. The second-order valence-corrected chi connectivity index (χ2v) is 4.96. The largest absolute Gasteiger partial charge is 0.341 e. The van der Waals surface area contributed by atoms with Crippen LogP contribution >= 0.6 is 12.6 Å². The van der Waals surface area contributed by atoms with Gasteiger partial charge in [0.1, 0.15) is 0 Å². The summed E-state index contributed by atoms with van der Waals surface area (Å²) in [6.07, 6.45) is 0.503. The van der Waals surface area contributed by atoms with Crippen molar-refractivity contribution in [3.05, 3.63) is 34.4 Å². The van der Waals surface area contributed by atoms with Gasteiger partial charge in [-0.3, -0.25) is 4.79 Å². The quantitative estimate of drug-likeness (QED) is 0.816. The second kappa shape index (κ2) is 6.10. The molecule has 1 aromatic carbocycles. The van der Waals surface area contributed by atoms with Crippen LogP contribution in [0.1, 0.15) is 28.7 Å². The van der Waals surface area contributed by atoms with Gasteiger partial charge in [-0.2, -0.15) is 12.6 Å². The summed E-state index contributed by atoms with van der Waals surface area (Å²) in [6.45, 7) is 7.04. The predicted molar refractivity (Wildman–Crippen MR) is 75.6 cm³/mol. The molecule has 0 aliphatic heterocycles. The van der Waals surface area contributed by atoms with E-state index in [-0.39, 0.29) is 5.91 Å². The minimum atomic E-state index is 0.151. The van der Waals surface area contributed by atoms with Crippen molar-refractivity contribution in [1.29, 1.82) is 0 Å². The summed E-state index contributed by atoms with van der Waals surface area (Å²) in [5.41, 5.74) is 5.13. The second-order valence-electron chi connectivity index (χ2n) is 4.51. The van der Waals surface area contributed by atoms with Crippen molar-refractivity contribution in [2.24, 2.45) is 0 Å². The number of benzene rings is 1. The van der Waals surface area contributed by atoms with Crippen molar-refractivity contribution < 1.29 is 4.79 Å². The van der Waals surface area contributed by atoms with Crippen molar-refractivity contribution in [3.63, 3.8) is 0 Å². The van der Waals surface area contributed by atoms with E-state index < -0.39 is 0 Å². The van der Waals surface area contributed by atoms with Crippen LogP contribution in [0.3, 0.4) is 0 Å². The van der Waals surface area contributed by atoms with Gasteiger partial charge >= 0.3 is 0 Å². The van der Waals surface area contributed by atoms with E-state index in [0.29, 0.717) is 18.7 Å². The number of aryl methyl sites for hydroxylation is 1. The van der Waals surface area contributed by atoms with Crippen LogP contribution in [0.4, 0.5) is 0 Å². The van der Waals surface area contributed by atoms with Gasteiger partial charge in [-0.05, 0) is 48.8 Å². The number of rotatable bonds is 4. The minimum absolute atomic E-state index is 0.151. The van der Waals surface area contributed by atoms with Crippen LogP contribution in [0.5, 0.6) is 0 Å². The van der Waals surface area contributed by atoms with Gasteiger partial charge in [0.2, 0.25) is 5.91 Å². The average Bonchev–Trinajstić information content (AvgIpc) is 2.30. The Morgan fingerprint density at radius 2 is 1.88 bits per heavy atom. The summed E-state index contributed by atoms with van der Waals surface area (Å²) < 4.78 is 0. The molecular weight excluding hydrogens is 230 g/mol. The van der Waals surface area contributed by atoms with Crippen LogP contribution in [-0.4, -0.2) is 23.6 Å². The molecule has 3 heteroatoms. The highest BCUT2D eigenvalue weighted by atomic mass is 32.1. The number of carbonyl (C=O) groups is 1. The molecule has 0 saturated carbocycles. The summed E-state index contributed by atoms with van der Waals surface area (Å²) >= 11 is 4.08. The van der Waals surface area contributed by atoms with Crippen molar-refractivity contribution in [3.8, 4) is 0 Å². The standard InChI is InChI=1S/C14H21NOS/c1-10-5-6-13(12(3)11(10)2)9-15(4)14(16)7-8-17/h5-6,17H,7-9H2,1-4H3. The van der Waals surface area contributed by atoms with Crippen LogP contribution in [0, 0.1) is 20.8 Å². The molecule has 0 spiro atoms. The van der Waals surface area contributed by atoms with Crippen molar-refractivity contribution in [1.82, 2.24) is 4.90 Å². The first-order valence-electron chi connectivity index (χ1n) is 5.88. The molecule has 0 fully saturated rings. The third-order valence-corrected chi connectivity index (χ3v) is 3.55. The van der Waals surface area contributed by atoms with E-state index in [1.807, 2.05) is 7.05 Å². The minimum Gasteiger partial charge on any atom is -0.341 e. The zero-order valence-electron chi connectivity index (χ0n) is 11.1. The number of carbonyl (C=O) groups excluding carboxylic acids is 1. The Kier molecular flexibility index (Phi) is 5.06.